The molecule has 1 aromatic rings. The summed E-state index contributed by atoms with van der Waals surface area (Å²) in [7, 11) is 1.54. The number of ether oxygens (including phenoxy) is 1. The van der Waals surface area contributed by atoms with E-state index in [0.29, 0.717) is 12.4 Å². The van der Waals surface area contributed by atoms with Gasteiger partial charge in [-0.1, -0.05) is 0 Å². The molecule has 0 fully saturated rings. The van der Waals surface area contributed by atoms with Crippen LogP contribution in [0.4, 0.5) is 10.6 Å². The number of hydrogen-bond acceptors (Lipinski definition) is 7. The Kier molecular flexibility index (Phi) is 6.75. The van der Waals surface area contributed by atoms with Crippen molar-refractivity contribution in [3.05, 3.63) is 35.3 Å². The summed E-state index contributed by atoms with van der Waals surface area (Å²) in [6, 6.07) is 3.39. The summed E-state index contributed by atoms with van der Waals surface area (Å²) >= 11 is 0. The number of pyridine rings is 1. The maximum Gasteiger partial charge on any atom is 0.413 e. The lowest BCUT2D eigenvalue weighted by molar-refractivity contribution is -0.132. The third-order valence-electron chi connectivity index (χ3n) is 2.94. The van der Waals surface area contributed by atoms with Crippen LogP contribution in [0.15, 0.2) is 29.7 Å². The average Bonchev–Trinajstić information content (AvgIpc) is 2.45. The van der Waals surface area contributed by atoms with Gasteiger partial charge >= 0.3 is 12.1 Å². The maximum absolute atomic E-state index is 11.8. The number of rotatable bonds is 6. The van der Waals surface area contributed by atoms with E-state index in [-0.39, 0.29) is 11.4 Å². The lowest BCUT2D eigenvalue weighted by Crippen LogP contribution is -2.35. The monoisotopic (exact) mass is 351 g/mol. The van der Waals surface area contributed by atoms with E-state index in [1.807, 2.05) is 0 Å². The number of anilines is 1. The Bertz CT molecular complexity index is 665. The fraction of sp³-hybridized carbons (Fsp3) is 0.438. The number of carbonyl (C=O) groups is 2. The third-order valence-corrected chi connectivity index (χ3v) is 2.94. The third kappa shape index (κ3) is 7.08. The summed E-state index contributed by atoms with van der Waals surface area (Å²) in [6.07, 6.45) is 0.928. The normalized spacial score (nSPS) is 12.1. The lowest BCUT2D eigenvalue weighted by atomic mass is 10.2. The number of carboxylic acids is 1. The molecule has 9 heteroatoms. The Hall–Kier alpha value is -2.81. The van der Waals surface area contributed by atoms with Gasteiger partial charge in [0, 0.05) is 19.8 Å². The van der Waals surface area contributed by atoms with E-state index in [9.17, 15) is 9.59 Å². The molecule has 0 radical (unpaired) electrons. The van der Waals surface area contributed by atoms with E-state index in [1.165, 1.54) is 25.2 Å². The molecule has 0 aliphatic carbocycles. The molecule has 1 rings (SSSR count). The maximum atomic E-state index is 11.8. The van der Waals surface area contributed by atoms with Crippen molar-refractivity contribution in [3.8, 4) is 0 Å². The number of carboxylic acid groups (broad SMARTS) is 1. The Labute approximate surface area is 146 Å². The highest BCUT2D eigenvalue weighted by atomic mass is 16.6. The minimum atomic E-state index is -1.07. The van der Waals surface area contributed by atoms with E-state index in [2.05, 4.69) is 15.6 Å². The first-order chi connectivity index (χ1) is 11.5. The lowest BCUT2D eigenvalue weighted by Gasteiger charge is -2.21. The second-order valence-corrected chi connectivity index (χ2v) is 6.42. The molecule has 0 aliphatic rings. The predicted molar refractivity (Wildman–Crippen MR) is 93.2 cm³/mol. The Morgan fingerprint density at radius 1 is 1.40 bits per heavy atom. The largest absolute Gasteiger partial charge is 0.478 e. The van der Waals surface area contributed by atoms with Gasteiger partial charge in [-0.15, -0.1) is 0 Å². The first-order valence-electron chi connectivity index (χ1n) is 7.61. The van der Waals surface area contributed by atoms with Crippen molar-refractivity contribution < 1.29 is 19.4 Å². The van der Waals surface area contributed by atoms with Crippen LogP contribution < -0.4 is 16.5 Å². The molecule has 0 aromatic carbocycles. The summed E-state index contributed by atoms with van der Waals surface area (Å²) in [6.45, 7) is 7.05. The molecule has 1 heterocycles. The van der Waals surface area contributed by atoms with Gasteiger partial charge in [0.2, 0.25) is 0 Å². The standard InChI is InChI=1S/C16H25N5O4/c1-10(14(22)23)13(21(5)17)19-9-11-6-7-18-12(8-11)20-15(24)25-16(2,3)4/h6-8,19H,9,17H2,1-5H3,(H,22,23)(H,18,20,24)/b13-10+. The van der Waals surface area contributed by atoms with Crippen LogP contribution in [0.5, 0.6) is 0 Å². The van der Waals surface area contributed by atoms with Crippen molar-refractivity contribution in [1.82, 2.24) is 15.3 Å². The van der Waals surface area contributed by atoms with Crippen LogP contribution in [0.1, 0.15) is 33.3 Å². The molecular weight excluding hydrogens is 326 g/mol. The second-order valence-electron chi connectivity index (χ2n) is 6.42. The molecule has 5 N–H and O–H groups in total. The van der Waals surface area contributed by atoms with Crippen LogP contribution in [-0.4, -0.2) is 39.8 Å². The van der Waals surface area contributed by atoms with Crippen molar-refractivity contribution in [2.75, 3.05) is 12.4 Å². The minimum absolute atomic E-state index is 0.0890. The predicted octanol–water partition coefficient (Wildman–Crippen LogP) is 1.64. The average molecular weight is 351 g/mol. The number of nitrogens with two attached hydrogens (primary N) is 1. The molecule has 0 aliphatic heterocycles. The van der Waals surface area contributed by atoms with Crippen LogP contribution in [0, 0.1) is 0 Å². The summed E-state index contributed by atoms with van der Waals surface area (Å²) in [4.78, 5) is 26.9. The SMILES string of the molecule is C/C(C(=O)O)=C(/NCc1ccnc(NC(=O)OC(C)(C)C)c1)N(C)N. The molecule has 0 bridgehead atoms. The van der Waals surface area contributed by atoms with Crippen molar-refractivity contribution in [2.24, 2.45) is 5.84 Å². The van der Waals surface area contributed by atoms with Gasteiger partial charge in [0.05, 0.1) is 5.57 Å². The molecule has 1 amide bonds. The summed E-state index contributed by atoms with van der Waals surface area (Å²) < 4.78 is 5.17. The number of nitrogens with one attached hydrogen (secondary N) is 2. The van der Waals surface area contributed by atoms with Gasteiger partial charge in [0.25, 0.3) is 0 Å². The topological polar surface area (TPSA) is 130 Å². The number of hydrazine groups is 1. The molecular formula is C16H25N5O4. The smallest absolute Gasteiger partial charge is 0.413 e. The van der Waals surface area contributed by atoms with Crippen molar-refractivity contribution >= 4 is 17.9 Å². The Morgan fingerprint density at radius 2 is 2.04 bits per heavy atom. The number of aliphatic carboxylic acids is 1. The van der Waals surface area contributed by atoms with Gasteiger partial charge in [-0.3, -0.25) is 10.3 Å². The van der Waals surface area contributed by atoms with E-state index in [1.54, 1.807) is 32.9 Å². The number of nitrogens with zero attached hydrogens (tertiary/aromatic N) is 2. The van der Waals surface area contributed by atoms with Crippen LogP contribution in [0.2, 0.25) is 0 Å². The zero-order chi connectivity index (χ0) is 19.2. The highest BCUT2D eigenvalue weighted by Crippen LogP contribution is 2.12. The number of aromatic nitrogens is 1. The van der Waals surface area contributed by atoms with Crippen LogP contribution in [0.25, 0.3) is 0 Å². The van der Waals surface area contributed by atoms with Gasteiger partial charge < -0.3 is 15.2 Å². The first-order valence-corrected chi connectivity index (χ1v) is 7.61. The molecule has 0 unspecified atom stereocenters. The number of carbonyl (C=O) groups excluding carboxylic acids is 1. The van der Waals surface area contributed by atoms with Gasteiger partial charge in [0.15, 0.2) is 0 Å². The minimum Gasteiger partial charge on any atom is -0.478 e. The van der Waals surface area contributed by atoms with Crippen LogP contribution >= 0.6 is 0 Å². The molecule has 0 spiro atoms. The quantitative estimate of drug-likeness (QED) is 0.346. The molecule has 0 saturated heterocycles. The van der Waals surface area contributed by atoms with Gasteiger partial charge in [0.1, 0.15) is 17.2 Å². The summed E-state index contributed by atoms with van der Waals surface area (Å²) in [5, 5.41) is 15.8. The van der Waals surface area contributed by atoms with E-state index < -0.39 is 17.7 Å². The van der Waals surface area contributed by atoms with Crippen molar-refractivity contribution in [2.45, 2.75) is 39.8 Å². The Balaban J connectivity index is 2.80. The number of hydrogen-bond donors (Lipinski definition) is 4. The van der Waals surface area contributed by atoms with Crippen LogP contribution in [-0.2, 0) is 16.1 Å². The van der Waals surface area contributed by atoms with Gasteiger partial charge in [-0.25, -0.2) is 20.4 Å². The molecule has 0 saturated carbocycles. The van der Waals surface area contributed by atoms with Gasteiger partial charge in [-0.2, -0.15) is 0 Å². The van der Waals surface area contributed by atoms with Crippen LogP contribution in [0.3, 0.4) is 0 Å². The molecule has 1 aromatic heterocycles. The zero-order valence-corrected chi connectivity index (χ0v) is 15.1. The summed E-state index contributed by atoms with van der Waals surface area (Å²) in [5.41, 5.74) is 0.257. The molecule has 25 heavy (non-hydrogen) atoms. The van der Waals surface area contributed by atoms with Crippen molar-refractivity contribution in [3.63, 3.8) is 0 Å². The first kappa shape index (κ1) is 20.2. The van der Waals surface area contributed by atoms with Crippen molar-refractivity contribution in [1.29, 1.82) is 0 Å². The fourth-order valence-corrected chi connectivity index (χ4v) is 1.87. The van der Waals surface area contributed by atoms with Gasteiger partial charge in [-0.05, 0) is 45.4 Å². The van der Waals surface area contributed by atoms with E-state index >= 15 is 0 Å². The zero-order valence-electron chi connectivity index (χ0n) is 15.1. The molecule has 138 valence electrons. The fourth-order valence-electron chi connectivity index (χ4n) is 1.87. The molecule has 9 nitrogen and oxygen atoms in total. The number of amides is 1. The summed E-state index contributed by atoms with van der Waals surface area (Å²) in [5.74, 6) is 5.20. The highest BCUT2D eigenvalue weighted by Gasteiger charge is 2.17. The highest BCUT2D eigenvalue weighted by molar-refractivity contribution is 5.86. The second kappa shape index (κ2) is 8.34. The Morgan fingerprint density at radius 3 is 2.56 bits per heavy atom. The van der Waals surface area contributed by atoms with E-state index in [0.717, 1.165) is 5.56 Å². The molecule has 0 atom stereocenters. The van der Waals surface area contributed by atoms with E-state index in [4.69, 9.17) is 15.7 Å².